The van der Waals surface area contributed by atoms with Gasteiger partial charge in [-0.25, -0.2) is 4.98 Å². The van der Waals surface area contributed by atoms with E-state index in [2.05, 4.69) is 26.2 Å². The number of hydrogen-bond acceptors (Lipinski definition) is 2. The maximum absolute atomic E-state index is 11.9. The Kier molecular flexibility index (Phi) is 3.49. The molecule has 4 nitrogen and oxygen atoms in total. The van der Waals surface area contributed by atoms with Crippen LogP contribution in [0.1, 0.15) is 10.5 Å². The lowest BCUT2D eigenvalue weighted by Crippen LogP contribution is -2.15. The first-order chi connectivity index (χ1) is 8.08. The number of hydrogen-bond donors (Lipinski definition) is 1. The average molecular weight is 315 g/mol. The van der Waals surface area contributed by atoms with Crippen molar-refractivity contribution in [2.75, 3.05) is 5.32 Å². The van der Waals surface area contributed by atoms with Gasteiger partial charge in [-0.1, -0.05) is 27.5 Å². The number of benzene rings is 1. The molecule has 0 atom stereocenters. The highest BCUT2D eigenvalue weighted by molar-refractivity contribution is 9.10. The van der Waals surface area contributed by atoms with Crippen molar-refractivity contribution < 1.29 is 4.79 Å². The number of nitrogens with zero attached hydrogens (tertiary/aromatic N) is 2. The van der Waals surface area contributed by atoms with Gasteiger partial charge in [-0.2, -0.15) is 0 Å². The molecule has 0 aliphatic carbocycles. The molecule has 17 heavy (non-hydrogen) atoms. The molecular weight excluding hydrogens is 305 g/mol. The molecule has 1 N–H and O–H groups in total. The number of imidazole rings is 1. The molecule has 0 spiro atoms. The van der Waals surface area contributed by atoms with Crippen molar-refractivity contribution in [3.63, 3.8) is 0 Å². The second-order valence-electron chi connectivity index (χ2n) is 3.47. The van der Waals surface area contributed by atoms with Gasteiger partial charge >= 0.3 is 0 Å². The third kappa shape index (κ3) is 2.68. The number of carbonyl (C=O) groups is 1. The van der Waals surface area contributed by atoms with E-state index in [1.54, 1.807) is 30.1 Å². The zero-order chi connectivity index (χ0) is 12.4. The zero-order valence-electron chi connectivity index (χ0n) is 8.95. The fourth-order valence-electron chi connectivity index (χ4n) is 1.36. The summed E-state index contributed by atoms with van der Waals surface area (Å²) in [7, 11) is 1.75. The maximum atomic E-state index is 11.9. The third-order valence-electron chi connectivity index (χ3n) is 2.23. The van der Waals surface area contributed by atoms with Crippen molar-refractivity contribution in [3.8, 4) is 0 Å². The molecule has 6 heteroatoms. The minimum absolute atomic E-state index is 0.245. The number of aromatic nitrogens is 2. The smallest absolute Gasteiger partial charge is 0.273 e. The molecule has 0 aliphatic rings. The first kappa shape index (κ1) is 12.1. The van der Waals surface area contributed by atoms with Crippen LogP contribution in [0.4, 0.5) is 5.69 Å². The topological polar surface area (TPSA) is 46.9 Å². The van der Waals surface area contributed by atoms with Gasteiger partial charge in [-0.15, -0.1) is 0 Å². The Morgan fingerprint density at radius 1 is 1.53 bits per heavy atom. The fourth-order valence-corrected chi connectivity index (χ4v) is 1.88. The van der Waals surface area contributed by atoms with E-state index in [4.69, 9.17) is 11.6 Å². The largest absolute Gasteiger partial charge is 0.330 e. The summed E-state index contributed by atoms with van der Waals surface area (Å²) in [5.74, 6) is -0.245. The van der Waals surface area contributed by atoms with Crippen molar-refractivity contribution in [2.45, 2.75) is 0 Å². The van der Waals surface area contributed by atoms with Crippen LogP contribution in [0.2, 0.25) is 5.02 Å². The van der Waals surface area contributed by atoms with E-state index < -0.39 is 0 Å². The molecule has 2 rings (SSSR count). The molecule has 1 amide bonds. The molecule has 0 saturated heterocycles. The Morgan fingerprint density at radius 2 is 2.29 bits per heavy atom. The first-order valence-corrected chi connectivity index (χ1v) is 5.98. The van der Waals surface area contributed by atoms with Gasteiger partial charge in [-0.3, -0.25) is 4.79 Å². The quantitative estimate of drug-likeness (QED) is 0.926. The Hall–Kier alpha value is -1.33. The number of rotatable bonds is 2. The van der Waals surface area contributed by atoms with Crippen LogP contribution in [0.3, 0.4) is 0 Å². The standard InChI is InChI=1S/C11H9BrClN3O/c1-16-6-14-5-10(16)11(17)15-9-4-7(12)2-3-8(9)13/h2-6H,1H3,(H,15,17). The molecule has 0 unspecified atom stereocenters. The summed E-state index contributed by atoms with van der Waals surface area (Å²) in [6, 6.07) is 5.27. The van der Waals surface area contributed by atoms with Crippen LogP contribution >= 0.6 is 27.5 Å². The molecule has 2 aromatic rings. The minimum Gasteiger partial charge on any atom is -0.330 e. The van der Waals surface area contributed by atoms with Crippen molar-refractivity contribution in [3.05, 3.63) is 45.9 Å². The number of amides is 1. The maximum Gasteiger partial charge on any atom is 0.273 e. The van der Waals surface area contributed by atoms with Gasteiger partial charge in [0.15, 0.2) is 0 Å². The normalized spacial score (nSPS) is 10.3. The second kappa shape index (κ2) is 4.89. The molecule has 0 fully saturated rings. The van der Waals surface area contributed by atoms with Crippen LogP contribution in [0.5, 0.6) is 0 Å². The van der Waals surface area contributed by atoms with E-state index in [0.29, 0.717) is 16.4 Å². The molecule has 1 heterocycles. The molecule has 0 bridgehead atoms. The van der Waals surface area contributed by atoms with Gasteiger partial charge in [0, 0.05) is 11.5 Å². The summed E-state index contributed by atoms with van der Waals surface area (Å²) in [5, 5.41) is 3.22. The number of anilines is 1. The number of aryl methyl sites for hydroxylation is 1. The van der Waals surface area contributed by atoms with E-state index in [9.17, 15) is 4.79 Å². The highest BCUT2D eigenvalue weighted by Crippen LogP contribution is 2.26. The lowest BCUT2D eigenvalue weighted by molar-refractivity contribution is 0.101. The van der Waals surface area contributed by atoms with E-state index in [0.717, 1.165) is 4.47 Å². The Morgan fingerprint density at radius 3 is 2.94 bits per heavy atom. The Bertz CT molecular complexity index is 568. The number of nitrogens with one attached hydrogen (secondary N) is 1. The van der Waals surface area contributed by atoms with Gasteiger partial charge in [-0.05, 0) is 18.2 Å². The summed E-state index contributed by atoms with van der Waals surface area (Å²) in [6.45, 7) is 0. The fraction of sp³-hybridized carbons (Fsp3) is 0.0909. The van der Waals surface area contributed by atoms with Crippen LogP contribution in [0.25, 0.3) is 0 Å². The van der Waals surface area contributed by atoms with Gasteiger partial charge in [0.2, 0.25) is 0 Å². The van der Waals surface area contributed by atoms with Crippen LogP contribution in [0, 0.1) is 0 Å². The summed E-state index contributed by atoms with van der Waals surface area (Å²) >= 11 is 9.31. The van der Waals surface area contributed by atoms with Crippen LogP contribution in [0.15, 0.2) is 35.2 Å². The predicted octanol–water partition coefficient (Wildman–Crippen LogP) is 3.09. The van der Waals surface area contributed by atoms with Crippen molar-refractivity contribution in [2.24, 2.45) is 7.05 Å². The van der Waals surface area contributed by atoms with Crippen molar-refractivity contribution in [1.82, 2.24) is 9.55 Å². The lowest BCUT2D eigenvalue weighted by Gasteiger charge is -2.07. The second-order valence-corrected chi connectivity index (χ2v) is 4.79. The zero-order valence-corrected chi connectivity index (χ0v) is 11.3. The van der Waals surface area contributed by atoms with Gasteiger partial charge < -0.3 is 9.88 Å². The van der Waals surface area contributed by atoms with Crippen LogP contribution in [-0.2, 0) is 7.05 Å². The summed E-state index contributed by atoms with van der Waals surface area (Å²) < 4.78 is 2.49. The van der Waals surface area contributed by atoms with Gasteiger partial charge in [0.25, 0.3) is 5.91 Å². The van der Waals surface area contributed by atoms with E-state index in [1.165, 1.54) is 6.20 Å². The average Bonchev–Trinajstić information content (AvgIpc) is 2.70. The third-order valence-corrected chi connectivity index (χ3v) is 3.05. The predicted molar refractivity (Wildman–Crippen MR) is 70.3 cm³/mol. The van der Waals surface area contributed by atoms with E-state index in [-0.39, 0.29) is 5.91 Å². The van der Waals surface area contributed by atoms with E-state index in [1.807, 2.05) is 6.07 Å². The molecule has 0 saturated carbocycles. The molecule has 0 aliphatic heterocycles. The Labute approximate surface area is 112 Å². The van der Waals surface area contributed by atoms with Gasteiger partial charge in [0.1, 0.15) is 5.69 Å². The highest BCUT2D eigenvalue weighted by Gasteiger charge is 2.11. The highest BCUT2D eigenvalue weighted by atomic mass is 79.9. The van der Waals surface area contributed by atoms with Crippen molar-refractivity contribution >= 4 is 39.1 Å². The molecule has 1 aromatic carbocycles. The van der Waals surface area contributed by atoms with Crippen LogP contribution < -0.4 is 5.32 Å². The first-order valence-electron chi connectivity index (χ1n) is 4.80. The SMILES string of the molecule is Cn1cncc1C(=O)Nc1cc(Br)ccc1Cl. The molecule has 0 radical (unpaired) electrons. The van der Waals surface area contributed by atoms with Crippen LogP contribution in [-0.4, -0.2) is 15.5 Å². The van der Waals surface area contributed by atoms with E-state index >= 15 is 0 Å². The number of carbonyl (C=O) groups excluding carboxylic acids is 1. The minimum atomic E-state index is -0.245. The Balaban J connectivity index is 2.24. The van der Waals surface area contributed by atoms with Gasteiger partial charge in [0.05, 0.1) is 23.2 Å². The summed E-state index contributed by atoms with van der Waals surface area (Å²) in [4.78, 5) is 15.8. The summed E-state index contributed by atoms with van der Waals surface area (Å²) in [5.41, 5.74) is 1.04. The molecule has 88 valence electrons. The molecular formula is C11H9BrClN3O. The van der Waals surface area contributed by atoms with Crippen molar-refractivity contribution in [1.29, 1.82) is 0 Å². The number of halogens is 2. The molecule has 1 aromatic heterocycles. The monoisotopic (exact) mass is 313 g/mol. The lowest BCUT2D eigenvalue weighted by atomic mass is 10.3. The summed E-state index contributed by atoms with van der Waals surface area (Å²) in [6.07, 6.45) is 3.07.